The maximum atomic E-state index is 2.30. The van der Waals surface area contributed by atoms with Crippen LogP contribution in [0.15, 0.2) is 54.6 Å². The zero-order chi connectivity index (χ0) is 14.4. The number of benzene rings is 2. The number of nitrogens with zero attached hydrogens (tertiary/aromatic N) is 2. The fourth-order valence-corrected chi connectivity index (χ4v) is 3.17. The van der Waals surface area contributed by atoms with Crippen LogP contribution >= 0.6 is 0 Å². The predicted octanol–water partition coefficient (Wildman–Crippen LogP) is 3.94. The second-order valence-corrected chi connectivity index (χ2v) is 5.48. The molecule has 2 heterocycles. The van der Waals surface area contributed by atoms with Crippen LogP contribution in [0.4, 0.5) is 0 Å². The van der Waals surface area contributed by atoms with Gasteiger partial charge in [-0.3, -0.25) is 0 Å². The summed E-state index contributed by atoms with van der Waals surface area (Å²) in [6.07, 6.45) is 8.52. The van der Waals surface area contributed by atoms with Crippen molar-refractivity contribution in [2.45, 2.75) is 6.92 Å². The van der Waals surface area contributed by atoms with Gasteiger partial charge in [-0.15, -0.1) is 0 Å². The average molecular weight is 273 g/mol. The summed E-state index contributed by atoms with van der Waals surface area (Å²) in [7, 11) is 2.14. The Hall–Kier alpha value is -2.61. The largest absolute Gasteiger partial charge is 0.294 e. The van der Waals surface area contributed by atoms with Gasteiger partial charge in [-0.2, -0.15) is 4.57 Å². The van der Waals surface area contributed by atoms with Gasteiger partial charge in [0.05, 0.1) is 18.8 Å². The van der Waals surface area contributed by atoms with Crippen LogP contribution in [0.25, 0.3) is 34.7 Å². The minimum atomic E-state index is 1.22. The summed E-state index contributed by atoms with van der Waals surface area (Å²) in [5, 5.41) is 0. The maximum absolute atomic E-state index is 2.30. The molecule has 0 bridgehead atoms. The van der Waals surface area contributed by atoms with E-state index in [0.717, 1.165) is 0 Å². The molecular weight excluding hydrogens is 256 g/mol. The van der Waals surface area contributed by atoms with Gasteiger partial charge < -0.3 is 0 Å². The van der Waals surface area contributed by atoms with Crippen LogP contribution in [0, 0.1) is 6.92 Å². The second-order valence-electron chi connectivity index (χ2n) is 5.48. The molecule has 2 nitrogen and oxygen atoms in total. The van der Waals surface area contributed by atoms with Gasteiger partial charge in [0, 0.05) is 5.56 Å². The maximum Gasteiger partial charge on any atom is 0.294 e. The molecule has 0 unspecified atom stereocenters. The van der Waals surface area contributed by atoms with E-state index in [-0.39, 0.29) is 0 Å². The van der Waals surface area contributed by atoms with E-state index in [1.165, 1.54) is 33.5 Å². The molecule has 0 aliphatic carbocycles. The first kappa shape index (κ1) is 12.2. The number of imidazole rings is 1. The van der Waals surface area contributed by atoms with E-state index in [2.05, 4.69) is 90.0 Å². The lowest BCUT2D eigenvalue weighted by atomic mass is 10.1. The molecule has 4 rings (SSSR count). The Morgan fingerprint density at radius 1 is 0.952 bits per heavy atom. The summed E-state index contributed by atoms with van der Waals surface area (Å²) >= 11 is 0. The molecule has 102 valence electrons. The lowest BCUT2D eigenvalue weighted by Gasteiger charge is -2.03. The van der Waals surface area contributed by atoms with Gasteiger partial charge >= 0.3 is 0 Å². The van der Waals surface area contributed by atoms with Crippen molar-refractivity contribution in [3.8, 4) is 11.4 Å². The Kier molecular flexibility index (Phi) is 2.58. The molecule has 3 aromatic rings. The highest BCUT2D eigenvalue weighted by molar-refractivity contribution is 5.86. The van der Waals surface area contributed by atoms with E-state index < -0.39 is 0 Å². The van der Waals surface area contributed by atoms with E-state index in [1.807, 2.05) is 0 Å². The molecule has 0 saturated heterocycles. The smallest absolute Gasteiger partial charge is 0.225 e. The van der Waals surface area contributed by atoms with Gasteiger partial charge in [0.25, 0.3) is 5.82 Å². The van der Waals surface area contributed by atoms with Gasteiger partial charge in [0.1, 0.15) is 0 Å². The van der Waals surface area contributed by atoms with Crippen LogP contribution in [0.5, 0.6) is 0 Å². The molecule has 1 aliphatic rings. The first-order valence-corrected chi connectivity index (χ1v) is 7.21. The van der Waals surface area contributed by atoms with E-state index >= 15 is 0 Å². The lowest BCUT2D eigenvalue weighted by Crippen LogP contribution is -2.28. The van der Waals surface area contributed by atoms with Crippen LogP contribution in [-0.2, 0) is 7.05 Å². The van der Waals surface area contributed by atoms with Crippen molar-refractivity contribution in [3.63, 3.8) is 0 Å². The SMILES string of the molecule is Cc1ccccc1-c1n(C)c2cccc3c2[n+]1C=CC=C3. The second kappa shape index (κ2) is 4.45. The number of allylic oxidation sites excluding steroid dienone is 2. The minimum Gasteiger partial charge on any atom is -0.225 e. The Balaban J connectivity index is 2.18. The molecule has 2 aromatic carbocycles. The first-order chi connectivity index (χ1) is 10.3. The molecule has 0 fully saturated rings. The normalized spacial score (nSPS) is 12.9. The number of para-hydroxylation sites is 1. The van der Waals surface area contributed by atoms with Crippen molar-refractivity contribution < 1.29 is 4.57 Å². The third-order valence-electron chi connectivity index (χ3n) is 4.20. The molecule has 0 radical (unpaired) electrons. The molecule has 0 N–H and O–H groups in total. The summed E-state index contributed by atoms with van der Waals surface area (Å²) in [6, 6.07) is 15.0. The van der Waals surface area contributed by atoms with Crippen LogP contribution in [0.2, 0.25) is 0 Å². The number of aryl methyl sites for hydroxylation is 2. The van der Waals surface area contributed by atoms with Crippen LogP contribution in [0.1, 0.15) is 11.1 Å². The van der Waals surface area contributed by atoms with Gasteiger partial charge in [0.15, 0.2) is 11.0 Å². The molecular formula is C19H17N2+. The number of aromatic nitrogens is 2. The zero-order valence-corrected chi connectivity index (χ0v) is 12.2. The highest BCUT2D eigenvalue weighted by atomic mass is 15.1. The average Bonchev–Trinajstić information content (AvgIpc) is 2.66. The summed E-state index contributed by atoms with van der Waals surface area (Å²) in [6.45, 7) is 2.17. The van der Waals surface area contributed by atoms with Crippen LogP contribution in [-0.4, -0.2) is 4.57 Å². The quantitative estimate of drug-likeness (QED) is 0.594. The van der Waals surface area contributed by atoms with Crippen molar-refractivity contribution in [2.24, 2.45) is 7.05 Å². The minimum absolute atomic E-state index is 1.22. The molecule has 0 spiro atoms. The highest BCUT2D eigenvalue weighted by Gasteiger charge is 2.26. The van der Waals surface area contributed by atoms with Gasteiger partial charge in [0.2, 0.25) is 0 Å². The van der Waals surface area contributed by atoms with Gasteiger partial charge in [-0.1, -0.05) is 42.5 Å². The van der Waals surface area contributed by atoms with E-state index in [1.54, 1.807) is 0 Å². The van der Waals surface area contributed by atoms with Crippen molar-refractivity contribution >= 4 is 23.3 Å². The van der Waals surface area contributed by atoms with Crippen molar-refractivity contribution in [1.29, 1.82) is 0 Å². The molecule has 1 aromatic heterocycles. The number of hydrogen-bond donors (Lipinski definition) is 0. The Morgan fingerprint density at radius 3 is 2.67 bits per heavy atom. The number of hydrogen-bond acceptors (Lipinski definition) is 0. The lowest BCUT2D eigenvalue weighted by molar-refractivity contribution is -0.527. The van der Waals surface area contributed by atoms with Crippen molar-refractivity contribution in [3.05, 3.63) is 65.7 Å². The Morgan fingerprint density at radius 2 is 1.81 bits per heavy atom. The zero-order valence-electron chi connectivity index (χ0n) is 12.2. The fraction of sp³-hybridized carbons (Fsp3) is 0.105. The fourth-order valence-electron chi connectivity index (χ4n) is 3.17. The first-order valence-electron chi connectivity index (χ1n) is 7.21. The van der Waals surface area contributed by atoms with Gasteiger partial charge in [-0.05, 0) is 30.7 Å². The third-order valence-corrected chi connectivity index (χ3v) is 4.20. The predicted molar refractivity (Wildman–Crippen MR) is 87.7 cm³/mol. The topological polar surface area (TPSA) is 8.81 Å². The van der Waals surface area contributed by atoms with E-state index in [4.69, 9.17) is 0 Å². The standard InChI is InChI=1S/C19H17N2/c1-14-8-3-4-11-16(14)19-20(2)17-12-7-10-15-9-5-6-13-21(19)18(15)17/h3-13H,1-2H3/q+1. The Bertz CT molecular complexity index is 911. The molecule has 0 saturated carbocycles. The van der Waals surface area contributed by atoms with E-state index in [9.17, 15) is 0 Å². The summed E-state index contributed by atoms with van der Waals surface area (Å²) in [5.74, 6) is 1.22. The Labute approximate surface area is 124 Å². The van der Waals surface area contributed by atoms with Crippen molar-refractivity contribution in [2.75, 3.05) is 0 Å². The van der Waals surface area contributed by atoms with Crippen molar-refractivity contribution in [1.82, 2.24) is 4.57 Å². The molecule has 0 amide bonds. The molecule has 0 atom stereocenters. The number of rotatable bonds is 1. The van der Waals surface area contributed by atoms with Crippen LogP contribution < -0.4 is 4.57 Å². The molecule has 21 heavy (non-hydrogen) atoms. The van der Waals surface area contributed by atoms with Crippen LogP contribution in [0.3, 0.4) is 0 Å². The molecule has 2 heteroatoms. The van der Waals surface area contributed by atoms with E-state index in [0.29, 0.717) is 0 Å². The van der Waals surface area contributed by atoms with Gasteiger partial charge in [-0.25, -0.2) is 4.57 Å². The third kappa shape index (κ3) is 1.69. The highest BCUT2D eigenvalue weighted by Crippen LogP contribution is 2.27. The summed E-state index contributed by atoms with van der Waals surface area (Å²) < 4.78 is 4.58. The monoisotopic (exact) mass is 273 g/mol. The summed E-state index contributed by atoms with van der Waals surface area (Å²) in [5.41, 5.74) is 6.34. The molecule has 1 aliphatic heterocycles. The summed E-state index contributed by atoms with van der Waals surface area (Å²) in [4.78, 5) is 0.